The molecule has 0 spiro atoms. The predicted octanol–water partition coefficient (Wildman–Crippen LogP) is 1.61. The summed E-state index contributed by atoms with van der Waals surface area (Å²) >= 11 is 6.86. The minimum atomic E-state index is -3.54. The van der Waals surface area contributed by atoms with E-state index in [2.05, 4.69) is 0 Å². The second-order valence-electron chi connectivity index (χ2n) is 6.63. The topological polar surface area (TPSA) is 83.7 Å². The van der Waals surface area contributed by atoms with E-state index in [0.29, 0.717) is 17.4 Å². The number of sulfonamides is 1. The lowest BCUT2D eigenvalue weighted by Crippen LogP contribution is -2.56. The lowest BCUT2D eigenvalue weighted by Gasteiger charge is -2.37. The number of carbonyl (C=O) groups excluding carboxylic acids is 1. The molecule has 1 fully saturated rings. The fourth-order valence-electron chi connectivity index (χ4n) is 2.28. The second-order valence-corrected chi connectivity index (χ2v) is 10.5. The van der Waals surface area contributed by atoms with E-state index in [1.54, 1.807) is 11.0 Å². The molecule has 6 nitrogen and oxygen atoms in total. The highest BCUT2D eigenvalue weighted by molar-refractivity contribution is 7.91. The van der Waals surface area contributed by atoms with Gasteiger partial charge in [-0.15, -0.1) is 11.3 Å². The van der Waals surface area contributed by atoms with E-state index in [4.69, 9.17) is 17.3 Å². The van der Waals surface area contributed by atoms with Crippen molar-refractivity contribution >= 4 is 38.9 Å². The molecule has 1 saturated heterocycles. The van der Waals surface area contributed by atoms with Gasteiger partial charge in [-0.25, -0.2) is 8.42 Å². The number of hydrogen-bond acceptors (Lipinski definition) is 5. The maximum absolute atomic E-state index is 12.5. The first-order chi connectivity index (χ1) is 10.5. The van der Waals surface area contributed by atoms with Gasteiger partial charge in [-0.3, -0.25) is 4.79 Å². The Morgan fingerprint density at radius 1 is 1.26 bits per heavy atom. The van der Waals surface area contributed by atoms with Crippen molar-refractivity contribution in [3.8, 4) is 0 Å². The van der Waals surface area contributed by atoms with Crippen molar-refractivity contribution < 1.29 is 13.2 Å². The minimum absolute atomic E-state index is 0.131. The summed E-state index contributed by atoms with van der Waals surface area (Å²) in [7, 11) is -3.54. The molecule has 1 amide bonds. The van der Waals surface area contributed by atoms with Crippen LogP contribution in [0.4, 0.5) is 0 Å². The Hall–Kier alpha value is -0.670. The van der Waals surface area contributed by atoms with Crippen LogP contribution in [-0.4, -0.2) is 55.8 Å². The summed E-state index contributed by atoms with van der Waals surface area (Å²) in [6.45, 7) is 6.97. The zero-order valence-corrected chi connectivity index (χ0v) is 15.8. The molecule has 9 heteroatoms. The average molecular weight is 380 g/mol. The number of nitrogens with two attached hydrogens (primary N) is 1. The maximum Gasteiger partial charge on any atom is 0.252 e. The highest BCUT2D eigenvalue weighted by atomic mass is 35.5. The molecule has 1 atom stereocenters. The fourth-order valence-corrected chi connectivity index (χ4v) is 5.34. The monoisotopic (exact) mass is 379 g/mol. The molecule has 23 heavy (non-hydrogen) atoms. The predicted molar refractivity (Wildman–Crippen MR) is 92.1 cm³/mol. The van der Waals surface area contributed by atoms with Crippen molar-refractivity contribution in [1.29, 1.82) is 0 Å². The summed E-state index contributed by atoms with van der Waals surface area (Å²) in [5.41, 5.74) is 5.68. The van der Waals surface area contributed by atoms with Crippen molar-refractivity contribution in [2.24, 2.45) is 11.1 Å². The van der Waals surface area contributed by atoms with Gasteiger partial charge >= 0.3 is 0 Å². The second kappa shape index (κ2) is 6.68. The Morgan fingerprint density at radius 3 is 2.26 bits per heavy atom. The Bertz CT molecular complexity index is 674. The van der Waals surface area contributed by atoms with Crippen LogP contribution in [0, 0.1) is 5.41 Å². The van der Waals surface area contributed by atoms with Crippen LogP contribution < -0.4 is 5.73 Å². The summed E-state index contributed by atoms with van der Waals surface area (Å²) in [5, 5.41) is 0. The SMILES string of the molecule is CC(C)(C)[C@H](N)C(=O)N1CCN(S(=O)(=O)c2ccc(Cl)s2)CC1. The van der Waals surface area contributed by atoms with Crippen LogP contribution in [-0.2, 0) is 14.8 Å². The van der Waals surface area contributed by atoms with E-state index in [1.165, 1.54) is 10.4 Å². The maximum atomic E-state index is 12.5. The Labute approximate surface area is 146 Å². The van der Waals surface area contributed by atoms with Crippen LogP contribution in [0.15, 0.2) is 16.3 Å². The molecule has 1 aromatic heterocycles. The van der Waals surface area contributed by atoms with Gasteiger partial charge in [0, 0.05) is 26.2 Å². The van der Waals surface area contributed by atoms with Crippen LogP contribution in [0.1, 0.15) is 20.8 Å². The molecule has 2 rings (SSSR count). The first-order valence-corrected chi connectivity index (χ1v) is 9.97. The van der Waals surface area contributed by atoms with Crippen molar-refractivity contribution in [3.05, 3.63) is 16.5 Å². The van der Waals surface area contributed by atoms with Gasteiger partial charge < -0.3 is 10.6 Å². The van der Waals surface area contributed by atoms with Crippen molar-refractivity contribution in [3.63, 3.8) is 0 Å². The van der Waals surface area contributed by atoms with Crippen LogP contribution in [0.5, 0.6) is 0 Å². The molecule has 0 aromatic carbocycles. The van der Waals surface area contributed by atoms with Crippen LogP contribution in [0.25, 0.3) is 0 Å². The van der Waals surface area contributed by atoms with Gasteiger partial charge in [-0.1, -0.05) is 32.4 Å². The van der Waals surface area contributed by atoms with E-state index in [-0.39, 0.29) is 28.6 Å². The number of piperazine rings is 1. The van der Waals surface area contributed by atoms with Gasteiger partial charge in [0.05, 0.1) is 10.4 Å². The third-order valence-electron chi connectivity index (χ3n) is 3.89. The third-order valence-corrected chi connectivity index (χ3v) is 7.49. The van der Waals surface area contributed by atoms with E-state index >= 15 is 0 Å². The number of hydrogen-bond donors (Lipinski definition) is 1. The van der Waals surface area contributed by atoms with E-state index < -0.39 is 16.1 Å². The largest absolute Gasteiger partial charge is 0.339 e. The van der Waals surface area contributed by atoms with Crippen molar-refractivity contribution in [2.45, 2.75) is 31.0 Å². The van der Waals surface area contributed by atoms with Crippen LogP contribution in [0.3, 0.4) is 0 Å². The summed E-state index contributed by atoms with van der Waals surface area (Å²) in [6.07, 6.45) is 0. The van der Waals surface area contributed by atoms with Crippen LogP contribution in [0.2, 0.25) is 4.34 Å². The van der Waals surface area contributed by atoms with Gasteiger partial charge in [0.25, 0.3) is 10.0 Å². The van der Waals surface area contributed by atoms with Gasteiger partial charge in [-0.2, -0.15) is 4.31 Å². The summed E-state index contributed by atoms with van der Waals surface area (Å²) in [4.78, 5) is 14.0. The van der Waals surface area contributed by atoms with Gasteiger partial charge in [0.2, 0.25) is 5.91 Å². The van der Waals surface area contributed by atoms with E-state index in [0.717, 1.165) is 11.3 Å². The molecule has 1 aliphatic heterocycles. The Balaban J connectivity index is 2.03. The van der Waals surface area contributed by atoms with Crippen molar-refractivity contribution in [1.82, 2.24) is 9.21 Å². The highest BCUT2D eigenvalue weighted by Crippen LogP contribution is 2.29. The molecule has 1 aromatic rings. The lowest BCUT2D eigenvalue weighted by atomic mass is 9.86. The normalized spacial score (nSPS) is 18.9. The molecule has 0 unspecified atom stereocenters. The molecule has 0 radical (unpaired) electrons. The standard InChI is InChI=1S/C14H22ClN3O3S2/c1-14(2,3)12(16)13(19)17-6-8-18(9-7-17)23(20,21)11-5-4-10(15)22-11/h4-5,12H,6-9,16H2,1-3H3/t12-/m1/s1. The molecular formula is C14H22ClN3O3S2. The van der Waals surface area contributed by atoms with Gasteiger partial charge in [0.15, 0.2) is 0 Å². The number of rotatable bonds is 3. The molecule has 1 aliphatic rings. The Kier molecular flexibility index (Phi) is 5.42. The first kappa shape index (κ1) is 18.7. The smallest absolute Gasteiger partial charge is 0.252 e. The van der Waals surface area contributed by atoms with Gasteiger partial charge in [0.1, 0.15) is 4.21 Å². The number of nitrogens with zero attached hydrogens (tertiary/aromatic N) is 2. The zero-order valence-electron chi connectivity index (χ0n) is 13.5. The molecule has 0 aliphatic carbocycles. The summed E-state index contributed by atoms with van der Waals surface area (Å²) in [6, 6.07) is 2.48. The minimum Gasteiger partial charge on any atom is -0.339 e. The molecule has 130 valence electrons. The zero-order chi connectivity index (χ0) is 17.4. The fraction of sp³-hybridized carbons (Fsp3) is 0.643. The number of carbonyl (C=O) groups is 1. The molecule has 2 N–H and O–H groups in total. The third kappa shape index (κ3) is 4.06. The Morgan fingerprint density at radius 2 is 1.83 bits per heavy atom. The van der Waals surface area contributed by atoms with E-state index in [1.807, 2.05) is 20.8 Å². The molecule has 2 heterocycles. The van der Waals surface area contributed by atoms with Crippen LogP contribution >= 0.6 is 22.9 Å². The van der Waals surface area contributed by atoms with Crippen molar-refractivity contribution in [2.75, 3.05) is 26.2 Å². The lowest BCUT2D eigenvalue weighted by molar-refractivity contribution is -0.136. The quantitative estimate of drug-likeness (QED) is 0.864. The number of amides is 1. The number of halogens is 1. The van der Waals surface area contributed by atoms with E-state index in [9.17, 15) is 13.2 Å². The highest BCUT2D eigenvalue weighted by Gasteiger charge is 2.35. The summed E-state index contributed by atoms with van der Waals surface area (Å²) in [5.74, 6) is -0.131. The first-order valence-electron chi connectivity index (χ1n) is 7.33. The molecule has 0 saturated carbocycles. The summed E-state index contributed by atoms with van der Waals surface area (Å²) < 4.78 is 27.1. The molecule has 0 bridgehead atoms. The average Bonchev–Trinajstić information content (AvgIpc) is 2.92. The number of thiophene rings is 1. The van der Waals surface area contributed by atoms with Gasteiger partial charge in [-0.05, 0) is 17.5 Å². The molecular weight excluding hydrogens is 358 g/mol.